The van der Waals surface area contributed by atoms with Crippen LogP contribution in [0, 0.1) is 0 Å². The largest absolute Gasteiger partial charge is 0.326 e. The molecule has 1 rings (SSSR count). The van der Waals surface area contributed by atoms with Gasteiger partial charge in [0.2, 0.25) is 0 Å². The fourth-order valence-corrected chi connectivity index (χ4v) is 0.782. The van der Waals surface area contributed by atoms with Crippen molar-refractivity contribution >= 4 is 12.4 Å². The number of nitrogens with zero attached hydrogens (tertiary/aromatic N) is 1. The molecule has 0 saturated carbocycles. The molecule has 0 atom stereocenters. The first-order valence-corrected chi connectivity index (χ1v) is 3.12. The van der Waals surface area contributed by atoms with Crippen molar-refractivity contribution in [2.24, 2.45) is 10.7 Å². The first-order valence-electron chi connectivity index (χ1n) is 3.12. The average molecular weight is 134 g/mol. The molecule has 0 heterocycles. The Labute approximate surface area is 60.4 Å². The predicted octanol–water partition coefficient (Wildman–Crippen LogP) is 1.48. The van der Waals surface area contributed by atoms with E-state index in [4.69, 9.17) is 5.73 Å². The van der Waals surface area contributed by atoms with Gasteiger partial charge < -0.3 is 5.73 Å². The highest BCUT2D eigenvalue weighted by Gasteiger charge is 1.88. The molecule has 10 heavy (non-hydrogen) atoms. The fraction of sp³-hybridized carbons (Fsp3) is 0.125. The zero-order valence-corrected chi connectivity index (χ0v) is 5.75. The molecule has 52 valence electrons. The van der Waals surface area contributed by atoms with Gasteiger partial charge in [-0.3, -0.25) is 4.99 Å². The first-order chi connectivity index (χ1) is 4.86. The molecule has 1 aromatic carbocycles. The fourth-order valence-electron chi connectivity index (χ4n) is 0.782. The van der Waals surface area contributed by atoms with Gasteiger partial charge in [0.25, 0.3) is 0 Å². The van der Waals surface area contributed by atoms with E-state index >= 15 is 0 Å². The van der Waals surface area contributed by atoms with Crippen molar-refractivity contribution in [3.8, 4) is 0 Å². The molecule has 2 heteroatoms. The second-order valence-corrected chi connectivity index (χ2v) is 2.03. The lowest BCUT2D eigenvalue weighted by atomic mass is 10.2. The van der Waals surface area contributed by atoms with Crippen LogP contribution in [0.25, 0.3) is 0 Å². The molecule has 0 aromatic heterocycles. The zero-order chi connectivity index (χ0) is 7.40. The first kappa shape index (κ1) is 6.96. The molecule has 0 fully saturated rings. The summed E-state index contributed by atoms with van der Waals surface area (Å²) in [6.45, 7) is 3.97. The smallest absolute Gasteiger partial charge is 0.0625 e. The van der Waals surface area contributed by atoms with Gasteiger partial charge in [0.15, 0.2) is 0 Å². The molecule has 0 unspecified atom stereocenters. The topological polar surface area (TPSA) is 38.4 Å². The summed E-state index contributed by atoms with van der Waals surface area (Å²) in [5, 5.41) is 0. The van der Waals surface area contributed by atoms with Crippen LogP contribution in [0.2, 0.25) is 0 Å². The maximum atomic E-state index is 5.41. The summed E-state index contributed by atoms with van der Waals surface area (Å²) in [4.78, 5) is 3.77. The van der Waals surface area contributed by atoms with Gasteiger partial charge in [-0.1, -0.05) is 12.1 Å². The normalized spacial score (nSPS) is 9.30. The summed E-state index contributed by atoms with van der Waals surface area (Å²) in [5.74, 6) is 0. The number of aliphatic imine (C=N–C) groups is 1. The van der Waals surface area contributed by atoms with Gasteiger partial charge in [-0.15, -0.1) is 0 Å². The monoisotopic (exact) mass is 134 g/mol. The molecule has 0 aliphatic heterocycles. The minimum Gasteiger partial charge on any atom is -0.326 e. The van der Waals surface area contributed by atoms with E-state index in [1.165, 1.54) is 0 Å². The zero-order valence-electron chi connectivity index (χ0n) is 5.75. The highest BCUT2D eigenvalue weighted by molar-refractivity contribution is 5.46. The van der Waals surface area contributed by atoms with Crippen molar-refractivity contribution in [1.29, 1.82) is 0 Å². The van der Waals surface area contributed by atoms with Crippen molar-refractivity contribution in [3.05, 3.63) is 29.8 Å². The molecule has 0 aliphatic carbocycles. The van der Waals surface area contributed by atoms with Gasteiger partial charge in [-0.25, -0.2) is 0 Å². The summed E-state index contributed by atoms with van der Waals surface area (Å²) in [5.41, 5.74) is 7.38. The second kappa shape index (κ2) is 3.13. The number of hydrogen-bond acceptors (Lipinski definition) is 2. The second-order valence-electron chi connectivity index (χ2n) is 2.03. The maximum Gasteiger partial charge on any atom is 0.0625 e. The van der Waals surface area contributed by atoms with E-state index in [0.717, 1.165) is 11.3 Å². The summed E-state index contributed by atoms with van der Waals surface area (Å²) in [6.07, 6.45) is 0. The van der Waals surface area contributed by atoms with E-state index in [0.29, 0.717) is 6.54 Å². The lowest BCUT2D eigenvalue weighted by molar-refractivity contribution is 1.07. The summed E-state index contributed by atoms with van der Waals surface area (Å²) >= 11 is 0. The van der Waals surface area contributed by atoms with Gasteiger partial charge in [0.05, 0.1) is 5.69 Å². The Hall–Kier alpha value is -1.15. The van der Waals surface area contributed by atoms with Gasteiger partial charge >= 0.3 is 0 Å². The lowest BCUT2D eigenvalue weighted by Gasteiger charge is -1.95. The molecule has 2 N–H and O–H groups in total. The maximum absolute atomic E-state index is 5.41. The standard InChI is InChI=1S/C8H10N2/c1-10-8-4-2-3-7(5-8)6-9/h2-5H,1,6,9H2. The van der Waals surface area contributed by atoms with Crippen LogP contribution < -0.4 is 5.73 Å². The predicted molar refractivity (Wildman–Crippen MR) is 43.5 cm³/mol. The lowest BCUT2D eigenvalue weighted by Crippen LogP contribution is -1.94. The third-order valence-electron chi connectivity index (χ3n) is 1.33. The molecule has 0 saturated heterocycles. The summed E-state index contributed by atoms with van der Waals surface area (Å²) in [7, 11) is 0. The molecule has 0 radical (unpaired) electrons. The third-order valence-corrected chi connectivity index (χ3v) is 1.33. The van der Waals surface area contributed by atoms with Crippen LogP contribution >= 0.6 is 0 Å². The molecule has 0 aliphatic rings. The van der Waals surface area contributed by atoms with Gasteiger partial charge in [-0.2, -0.15) is 0 Å². The Balaban J connectivity index is 2.98. The summed E-state index contributed by atoms with van der Waals surface area (Å²) in [6, 6.07) is 7.71. The Bertz CT molecular complexity index is 230. The van der Waals surface area contributed by atoms with E-state index in [9.17, 15) is 0 Å². The van der Waals surface area contributed by atoms with Crippen molar-refractivity contribution in [3.63, 3.8) is 0 Å². The number of hydrogen-bond donors (Lipinski definition) is 1. The quantitative estimate of drug-likeness (QED) is 0.611. The van der Waals surface area contributed by atoms with Crippen LogP contribution in [-0.4, -0.2) is 6.72 Å². The molecule has 2 nitrogen and oxygen atoms in total. The van der Waals surface area contributed by atoms with Crippen molar-refractivity contribution in [1.82, 2.24) is 0 Å². The van der Waals surface area contributed by atoms with Gasteiger partial charge in [-0.05, 0) is 24.4 Å². The van der Waals surface area contributed by atoms with Crippen LogP contribution in [-0.2, 0) is 6.54 Å². The van der Waals surface area contributed by atoms with Gasteiger partial charge in [0, 0.05) is 6.54 Å². The molecule has 0 spiro atoms. The van der Waals surface area contributed by atoms with E-state index in [1.54, 1.807) is 0 Å². The Kier molecular flexibility index (Phi) is 2.18. The van der Waals surface area contributed by atoms with Crippen LogP contribution in [0.3, 0.4) is 0 Å². The van der Waals surface area contributed by atoms with Crippen LogP contribution in [0.1, 0.15) is 5.56 Å². The third kappa shape index (κ3) is 1.42. The number of nitrogens with two attached hydrogens (primary N) is 1. The van der Waals surface area contributed by atoms with Crippen LogP contribution in [0.5, 0.6) is 0 Å². The highest BCUT2D eigenvalue weighted by atomic mass is 14.7. The molecule has 1 aromatic rings. The SMILES string of the molecule is C=Nc1cccc(CN)c1. The van der Waals surface area contributed by atoms with Crippen molar-refractivity contribution in [2.75, 3.05) is 0 Å². The molecule has 0 bridgehead atoms. The Morgan fingerprint density at radius 3 is 2.90 bits per heavy atom. The van der Waals surface area contributed by atoms with E-state index in [1.807, 2.05) is 24.3 Å². The van der Waals surface area contributed by atoms with E-state index in [-0.39, 0.29) is 0 Å². The van der Waals surface area contributed by atoms with Crippen LogP contribution in [0.15, 0.2) is 29.3 Å². The minimum atomic E-state index is 0.559. The Morgan fingerprint density at radius 1 is 1.50 bits per heavy atom. The van der Waals surface area contributed by atoms with Crippen LogP contribution in [0.4, 0.5) is 5.69 Å². The number of rotatable bonds is 2. The molecule has 0 amide bonds. The van der Waals surface area contributed by atoms with Crippen molar-refractivity contribution < 1.29 is 0 Å². The van der Waals surface area contributed by atoms with Gasteiger partial charge in [0.1, 0.15) is 0 Å². The Morgan fingerprint density at radius 2 is 2.30 bits per heavy atom. The highest BCUT2D eigenvalue weighted by Crippen LogP contribution is 2.11. The van der Waals surface area contributed by atoms with E-state index in [2.05, 4.69) is 11.7 Å². The number of benzene rings is 1. The van der Waals surface area contributed by atoms with E-state index < -0.39 is 0 Å². The average Bonchev–Trinajstić information content (AvgIpc) is 2.05. The van der Waals surface area contributed by atoms with Crippen molar-refractivity contribution in [2.45, 2.75) is 6.54 Å². The minimum absolute atomic E-state index is 0.559. The summed E-state index contributed by atoms with van der Waals surface area (Å²) < 4.78 is 0. The molecular formula is C8H10N2. The molecular weight excluding hydrogens is 124 g/mol.